The maximum absolute atomic E-state index is 4.65. The number of aromatic nitrogens is 1. The summed E-state index contributed by atoms with van der Waals surface area (Å²) >= 11 is 1.88. The number of hydrogen-bond donors (Lipinski definition) is 1. The molecule has 21 heavy (non-hydrogen) atoms. The van der Waals surface area contributed by atoms with E-state index in [0.717, 1.165) is 31.9 Å². The van der Waals surface area contributed by atoms with Gasteiger partial charge in [0.2, 0.25) is 0 Å². The first-order valence-electron chi connectivity index (χ1n) is 7.52. The lowest BCUT2D eigenvalue weighted by Crippen LogP contribution is -2.36. The smallest absolute Gasteiger partial charge is 0.133 e. The Labute approximate surface area is 131 Å². The van der Waals surface area contributed by atoms with E-state index in [0.29, 0.717) is 0 Å². The number of nitrogens with one attached hydrogen (secondary N) is 1. The summed E-state index contributed by atoms with van der Waals surface area (Å²) in [6.45, 7) is 9.50. The van der Waals surface area contributed by atoms with Crippen molar-refractivity contribution in [2.24, 2.45) is 0 Å². The van der Waals surface area contributed by atoms with Gasteiger partial charge in [-0.2, -0.15) is 0 Å². The van der Waals surface area contributed by atoms with Crippen LogP contribution in [0, 0.1) is 0 Å². The van der Waals surface area contributed by atoms with Crippen LogP contribution < -0.4 is 10.2 Å². The summed E-state index contributed by atoms with van der Waals surface area (Å²) in [7, 11) is 0. The number of thiophene rings is 1. The third kappa shape index (κ3) is 3.44. The molecule has 0 amide bonds. The highest BCUT2D eigenvalue weighted by molar-refractivity contribution is 7.10. The third-order valence-electron chi connectivity index (χ3n) is 3.78. The van der Waals surface area contributed by atoms with Gasteiger partial charge in [0.1, 0.15) is 5.82 Å². The van der Waals surface area contributed by atoms with Crippen LogP contribution in [0.3, 0.4) is 0 Å². The fraction of sp³-hybridized carbons (Fsp3) is 0.471. The Kier molecular flexibility index (Phi) is 4.00. The van der Waals surface area contributed by atoms with Gasteiger partial charge in [0, 0.05) is 41.8 Å². The Balaban J connectivity index is 1.79. The molecule has 0 atom stereocenters. The molecule has 3 rings (SSSR count). The first-order chi connectivity index (χ1) is 10.0. The molecule has 0 unspecified atom stereocenters. The Morgan fingerprint density at radius 3 is 3.00 bits per heavy atom. The predicted octanol–water partition coefficient (Wildman–Crippen LogP) is 3.59. The molecular formula is C17H23N3S. The van der Waals surface area contributed by atoms with Crippen LogP contribution in [-0.2, 0) is 19.5 Å². The normalized spacial score (nSPS) is 15.1. The molecule has 0 bridgehead atoms. The number of pyridine rings is 1. The van der Waals surface area contributed by atoms with Gasteiger partial charge in [0.05, 0.1) is 0 Å². The minimum atomic E-state index is 0.121. The summed E-state index contributed by atoms with van der Waals surface area (Å²) in [5, 5.41) is 5.77. The van der Waals surface area contributed by atoms with Crippen LogP contribution in [-0.4, -0.2) is 17.1 Å². The zero-order valence-electron chi connectivity index (χ0n) is 13.0. The second-order valence-corrected chi connectivity index (χ2v) is 7.63. The second kappa shape index (κ2) is 5.78. The van der Waals surface area contributed by atoms with Gasteiger partial charge in [-0.3, -0.25) is 0 Å². The first-order valence-corrected chi connectivity index (χ1v) is 8.40. The molecular weight excluding hydrogens is 278 g/mol. The summed E-state index contributed by atoms with van der Waals surface area (Å²) < 4.78 is 0. The molecule has 0 fully saturated rings. The summed E-state index contributed by atoms with van der Waals surface area (Å²) in [5.41, 5.74) is 2.87. The molecule has 0 spiro atoms. The van der Waals surface area contributed by atoms with Crippen LogP contribution in [0.4, 0.5) is 5.82 Å². The highest BCUT2D eigenvalue weighted by Crippen LogP contribution is 2.28. The summed E-state index contributed by atoms with van der Waals surface area (Å²) in [4.78, 5) is 8.60. The molecule has 0 radical (unpaired) electrons. The maximum atomic E-state index is 4.65. The van der Waals surface area contributed by atoms with E-state index in [2.05, 4.69) is 53.5 Å². The van der Waals surface area contributed by atoms with Crippen LogP contribution in [0.2, 0.25) is 0 Å². The van der Waals surface area contributed by atoms with E-state index in [4.69, 9.17) is 0 Å². The minimum Gasteiger partial charge on any atom is -0.352 e. The van der Waals surface area contributed by atoms with Crippen LogP contribution in [0.15, 0.2) is 29.8 Å². The van der Waals surface area contributed by atoms with Crippen LogP contribution in [0.1, 0.15) is 36.8 Å². The summed E-state index contributed by atoms with van der Waals surface area (Å²) in [5.74, 6) is 1.13. The summed E-state index contributed by atoms with van der Waals surface area (Å²) in [6.07, 6.45) is 3.04. The van der Waals surface area contributed by atoms with Crippen molar-refractivity contribution < 1.29 is 0 Å². The van der Waals surface area contributed by atoms with E-state index in [-0.39, 0.29) is 5.54 Å². The topological polar surface area (TPSA) is 28.2 Å². The first kappa shape index (κ1) is 14.5. The monoisotopic (exact) mass is 301 g/mol. The fourth-order valence-electron chi connectivity index (χ4n) is 2.64. The predicted molar refractivity (Wildman–Crippen MR) is 89.9 cm³/mol. The molecule has 112 valence electrons. The van der Waals surface area contributed by atoms with Gasteiger partial charge in [-0.15, -0.1) is 11.3 Å². The van der Waals surface area contributed by atoms with Crippen molar-refractivity contribution in [3.8, 4) is 0 Å². The number of rotatable bonds is 3. The average molecular weight is 301 g/mol. The van der Waals surface area contributed by atoms with Crippen LogP contribution in [0.25, 0.3) is 0 Å². The lowest BCUT2D eigenvalue weighted by molar-refractivity contribution is 0.424. The van der Waals surface area contributed by atoms with Crippen molar-refractivity contribution in [2.75, 3.05) is 11.4 Å². The zero-order chi connectivity index (χ0) is 14.9. The van der Waals surface area contributed by atoms with Crippen LogP contribution in [0.5, 0.6) is 0 Å². The summed E-state index contributed by atoms with van der Waals surface area (Å²) in [6, 6.07) is 6.47. The standard InChI is InChI=1S/C17H23N3S/c1-17(2,3)19-11-13-5-4-8-18-16(13)20-9-6-15-14(12-20)7-10-21-15/h4-5,7-8,10,19H,6,9,11-12H2,1-3H3. The van der Waals surface area contributed by atoms with Gasteiger partial charge in [-0.25, -0.2) is 4.98 Å². The van der Waals surface area contributed by atoms with Crippen molar-refractivity contribution in [3.05, 3.63) is 45.8 Å². The Bertz CT molecular complexity index is 612. The van der Waals surface area contributed by atoms with Crippen molar-refractivity contribution in [3.63, 3.8) is 0 Å². The molecule has 1 N–H and O–H groups in total. The molecule has 1 aliphatic heterocycles. The van der Waals surface area contributed by atoms with Gasteiger partial charge in [-0.1, -0.05) is 6.07 Å². The highest BCUT2D eigenvalue weighted by Gasteiger charge is 2.20. The lowest BCUT2D eigenvalue weighted by Gasteiger charge is -2.30. The molecule has 0 aliphatic carbocycles. The molecule has 3 nitrogen and oxygen atoms in total. The van der Waals surface area contributed by atoms with Crippen molar-refractivity contribution >= 4 is 17.2 Å². The third-order valence-corrected chi connectivity index (χ3v) is 4.81. The lowest BCUT2D eigenvalue weighted by atomic mass is 10.1. The van der Waals surface area contributed by atoms with E-state index in [9.17, 15) is 0 Å². The van der Waals surface area contributed by atoms with E-state index in [1.165, 1.54) is 16.0 Å². The van der Waals surface area contributed by atoms with E-state index < -0.39 is 0 Å². The quantitative estimate of drug-likeness (QED) is 0.939. The molecule has 0 saturated carbocycles. The van der Waals surface area contributed by atoms with Gasteiger partial charge in [0.15, 0.2) is 0 Å². The second-order valence-electron chi connectivity index (χ2n) is 6.63. The van der Waals surface area contributed by atoms with Gasteiger partial charge in [-0.05, 0) is 50.3 Å². The van der Waals surface area contributed by atoms with E-state index in [1.54, 1.807) is 0 Å². The number of hydrogen-bond acceptors (Lipinski definition) is 4. The van der Waals surface area contributed by atoms with Gasteiger partial charge >= 0.3 is 0 Å². The Morgan fingerprint density at radius 1 is 1.33 bits per heavy atom. The molecule has 0 saturated heterocycles. The molecule has 4 heteroatoms. The Hall–Kier alpha value is -1.39. The largest absolute Gasteiger partial charge is 0.352 e. The van der Waals surface area contributed by atoms with Crippen molar-refractivity contribution in [1.29, 1.82) is 0 Å². The fourth-order valence-corrected chi connectivity index (χ4v) is 3.53. The molecule has 0 aromatic carbocycles. The van der Waals surface area contributed by atoms with Crippen molar-refractivity contribution in [1.82, 2.24) is 10.3 Å². The Morgan fingerprint density at radius 2 is 2.19 bits per heavy atom. The molecule has 1 aliphatic rings. The number of fused-ring (bicyclic) bond motifs is 1. The van der Waals surface area contributed by atoms with Gasteiger partial charge < -0.3 is 10.2 Å². The molecule has 2 aromatic heterocycles. The van der Waals surface area contributed by atoms with E-state index >= 15 is 0 Å². The zero-order valence-corrected chi connectivity index (χ0v) is 13.8. The SMILES string of the molecule is CC(C)(C)NCc1cccnc1N1CCc2sccc2C1. The minimum absolute atomic E-state index is 0.121. The maximum Gasteiger partial charge on any atom is 0.133 e. The van der Waals surface area contributed by atoms with E-state index in [1.807, 2.05) is 23.6 Å². The molecule has 2 aromatic rings. The highest BCUT2D eigenvalue weighted by atomic mass is 32.1. The van der Waals surface area contributed by atoms with Crippen molar-refractivity contribution in [2.45, 2.75) is 45.8 Å². The number of nitrogens with zero attached hydrogens (tertiary/aromatic N) is 2. The average Bonchev–Trinajstić information content (AvgIpc) is 2.92. The van der Waals surface area contributed by atoms with Crippen LogP contribution >= 0.6 is 11.3 Å². The molecule has 3 heterocycles. The number of anilines is 1. The van der Waals surface area contributed by atoms with Gasteiger partial charge in [0.25, 0.3) is 0 Å².